The van der Waals surface area contributed by atoms with E-state index in [-0.39, 0.29) is 23.1 Å². The minimum absolute atomic E-state index is 0.0844. The molecule has 1 saturated carbocycles. The van der Waals surface area contributed by atoms with E-state index in [0.717, 1.165) is 38.8 Å². The molecule has 1 aromatic carbocycles. The lowest BCUT2D eigenvalue weighted by atomic mass is 9.92. The summed E-state index contributed by atoms with van der Waals surface area (Å²) in [5, 5.41) is 9.23. The minimum Gasteiger partial charge on any atom is -0.382 e. The average Bonchev–Trinajstić information content (AvgIpc) is 3.35. The molecule has 1 aliphatic heterocycles. The SMILES string of the molecule is CCOCCCNC(=O)c1cccc(NC(=O)C2CC23CCNCC3)c1. The van der Waals surface area contributed by atoms with Crippen molar-refractivity contribution in [3.8, 4) is 0 Å². The first-order chi connectivity index (χ1) is 12.6. The van der Waals surface area contributed by atoms with Crippen LogP contribution in [-0.4, -0.2) is 44.7 Å². The van der Waals surface area contributed by atoms with E-state index in [9.17, 15) is 9.59 Å². The Hall–Kier alpha value is -1.92. The van der Waals surface area contributed by atoms with E-state index in [1.54, 1.807) is 18.2 Å². The van der Waals surface area contributed by atoms with Gasteiger partial charge in [-0.3, -0.25) is 9.59 Å². The quantitative estimate of drug-likeness (QED) is 0.622. The number of piperidine rings is 1. The Balaban J connectivity index is 1.49. The summed E-state index contributed by atoms with van der Waals surface area (Å²) in [6, 6.07) is 7.14. The summed E-state index contributed by atoms with van der Waals surface area (Å²) in [7, 11) is 0. The number of ether oxygens (including phenoxy) is 1. The minimum atomic E-state index is -0.126. The van der Waals surface area contributed by atoms with E-state index in [1.165, 1.54) is 0 Å². The largest absolute Gasteiger partial charge is 0.382 e. The Labute approximate surface area is 155 Å². The molecule has 2 aliphatic rings. The van der Waals surface area contributed by atoms with Gasteiger partial charge < -0.3 is 20.7 Å². The molecule has 6 nitrogen and oxygen atoms in total. The zero-order valence-electron chi connectivity index (χ0n) is 15.5. The van der Waals surface area contributed by atoms with Crippen molar-refractivity contribution >= 4 is 17.5 Å². The molecule has 1 saturated heterocycles. The Morgan fingerprint density at radius 2 is 2.12 bits per heavy atom. The van der Waals surface area contributed by atoms with Crippen molar-refractivity contribution in [3.63, 3.8) is 0 Å². The fraction of sp³-hybridized carbons (Fsp3) is 0.600. The predicted molar refractivity (Wildman–Crippen MR) is 101 cm³/mol. The highest BCUT2D eigenvalue weighted by Crippen LogP contribution is 2.58. The van der Waals surface area contributed by atoms with Crippen LogP contribution in [0.15, 0.2) is 24.3 Å². The van der Waals surface area contributed by atoms with Crippen molar-refractivity contribution in [1.82, 2.24) is 10.6 Å². The second-order valence-corrected chi connectivity index (χ2v) is 7.25. The summed E-state index contributed by atoms with van der Waals surface area (Å²) in [6.07, 6.45) is 3.93. The van der Waals surface area contributed by atoms with Crippen LogP contribution >= 0.6 is 0 Å². The van der Waals surface area contributed by atoms with Crippen LogP contribution in [0, 0.1) is 11.3 Å². The molecule has 142 valence electrons. The van der Waals surface area contributed by atoms with Gasteiger partial charge in [-0.2, -0.15) is 0 Å². The van der Waals surface area contributed by atoms with E-state index in [1.807, 2.05) is 13.0 Å². The Morgan fingerprint density at radius 3 is 2.88 bits per heavy atom. The molecule has 1 unspecified atom stereocenters. The van der Waals surface area contributed by atoms with Gasteiger partial charge in [0.2, 0.25) is 5.91 Å². The molecule has 1 atom stereocenters. The molecular weight excluding hydrogens is 330 g/mol. The normalized spacial score (nSPS) is 20.6. The van der Waals surface area contributed by atoms with Gasteiger partial charge in [-0.05, 0) is 69.3 Å². The van der Waals surface area contributed by atoms with Gasteiger partial charge in [0.15, 0.2) is 0 Å². The number of carbonyl (C=O) groups excluding carboxylic acids is 2. The molecule has 2 amide bonds. The summed E-state index contributed by atoms with van der Waals surface area (Å²) in [5.74, 6) is 0.0701. The molecule has 6 heteroatoms. The van der Waals surface area contributed by atoms with E-state index in [0.29, 0.717) is 31.0 Å². The van der Waals surface area contributed by atoms with Crippen LogP contribution in [0.5, 0.6) is 0 Å². The van der Waals surface area contributed by atoms with Gasteiger partial charge in [0.05, 0.1) is 0 Å². The number of carbonyl (C=O) groups is 2. The monoisotopic (exact) mass is 359 g/mol. The molecule has 3 rings (SSSR count). The smallest absolute Gasteiger partial charge is 0.251 e. The van der Waals surface area contributed by atoms with Crippen LogP contribution in [0.1, 0.15) is 43.0 Å². The van der Waals surface area contributed by atoms with Crippen molar-refractivity contribution in [1.29, 1.82) is 0 Å². The van der Waals surface area contributed by atoms with Crippen LogP contribution in [-0.2, 0) is 9.53 Å². The number of benzene rings is 1. The molecular formula is C20H29N3O3. The van der Waals surface area contributed by atoms with Crippen LogP contribution in [0.2, 0.25) is 0 Å². The average molecular weight is 359 g/mol. The molecule has 0 radical (unpaired) electrons. The number of nitrogens with one attached hydrogen (secondary N) is 3. The molecule has 0 bridgehead atoms. The second kappa shape index (κ2) is 8.64. The fourth-order valence-corrected chi connectivity index (χ4v) is 3.79. The van der Waals surface area contributed by atoms with Crippen molar-refractivity contribution in [2.24, 2.45) is 11.3 Å². The predicted octanol–water partition coefficient (Wildman–Crippen LogP) is 2.17. The maximum Gasteiger partial charge on any atom is 0.251 e. The standard InChI is InChI=1S/C20H29N3O3/c1-2-26-12-4-9-22-18(24)15-5-3-6-16(13-15)23-19(25)17-14-20(17)7-10-21-11-8-20/h3,5-6,13,17,21H,2,4,7-12,14H2,1H3,(H,22,24)(H,23,25). The zero-order chi connectivity index (χ0) is 18.4. The Bertz CT molecular complexity index is 641. The number of anilines is 1. The second-order valence-electron chi connectivity index (χ2n) is 7.25. The first-order valence-corrected chi connectivity index (χ1v) is 9.62. The summed E-state index contributed by atoms with van der Waals surface area (Å²) in [6.45, 7) is 5.87. The maximum absolute atomic E-state index is 12.6. The number of hydrogen-bond donors (Lipinski definition) is 3. The zero-order valence-corrected chi connectivity index (χ0v) is 15.5. The molecule has 1 spiro atoms. The van der Waals surface area contributed by atoms with Crippen molar-refractivity contribution in [3.05, 3.63) is 29.8 Å². The first-order valence-electron chi connectivity index (χ1n) is 9.62. The fourth-order valence-electron chi connectivity index (χ4n) is 3.79. The summed E-state index contributed by atoms with van der Waals surface area (Å²) < 4.78 is 5.26. The number of rotatable bonds is 8. The molecule has 1 aliphatic carbocycles. The Kier molecular flexibility index (Phi) is 6.27. The number of amides is 2. The van der Waals surface area contributed by atoms with Gasteiger partial charge in [-0.25, -0.2) is 0 Å². The van der Waals surface area contributed by atoms with Gasteiger partial charge in [0.1, 0.15) is 0 Å². The highest BCUT2D eigenvalue weighted by molar-refractivity contribution is 5.98. The lowest BCUT2D eigenvalue weighted by Crippen LogP contribution is -2.31. The van der Waals surface area contributed by atoms with Crippen molar-refractivity contribution in [2.75, 3.05) is 38.2 Å². The number of hydrogen-bond acceptors (Lipinski definition) is 4. The first kappa shape index (κ1) is 18.9. The molecule has 1 aromatic rings. The Morgan fingerprint density at radius 1 is 1.31 bits per heavy atom. The highest BCUT2D eigenvalue weighted by Gasteiger charge is 2.57. The van der Waals surface area contributed by atoms with Gasteiger partial charge >= 0.3 is 0 Å². The topological polar surface area (TPSA) is 79.5 Å². The van der Waals surface area contributed by atoms with Crippen LogP contribution in [0.4, 0.5) is 5.69 Å². The molecule has 0 aromatic heterocycles. The summed E-state index contributed by atoms with van der Waals surface area (Å²) >= 11 is 0. The van der Waals surface area contributed by atoms with Crippen LogP contribution in [0.25, 0.3) is 0 Å². The van der Waals surface area contributed by atoms with E-state index < -0.39 is 0 Å². The van der Waals surface area contributed by atoms with E-state index >= 15 is 0 Å². The van der Waals surface area contributed by atoms with Gasteiger partial charge in [0, 0.05) is 36.9 Å². The van der Waals surface area contributed by atoms with E-state index in [4.69, 9.17) is 4.74 Å². The van der Waals surface area contributed by atoms with Crippen LogP contribution < -0.4 is 16.0 Å². The third kappa shape index (κ3) is 4.62. The molecule has 2 fully saturated rings. The third-order valence-corrected chi connectivity index (χ3v) is 5.45. The summed E-state index contributed by atoms with van der Waals surface area (Å²) in [4.78, 5) is 24.8. The van der Waals surface area contributed by atoms with Crippen molar-refractivity contribution in [2.45, 2.75) is 32.6 Å². The summed E-state index contributed by atoms with van der Waals surface area (Å²) in [5.41, 5.74) is 1.46. The molecule has 1 heterocycles. The van der Waals surface area contributed by atoms with Gasteiger partial charge in [-0.1, -0.05) is 6.07 Å². The van der Waals surface area contributed by atoms with Crippen LogP contribution in [0.3, 0.4) is 0 Å². The maximum atomic E-state index is 12.6. The molecule has 26 heavy (non-hydrogen) atoms. The van der Waals surface area contributed by atoms with Gasteiger partial charge in [0.25, 0.3) is 5.91 Å². The highest BCUT2D eigenvalue weighted by atomic mass is 16.5. The molecule has 3 N–H and O–H groups in total. The van der Waals surface area contributed by atoms with Crippen molar-refractivity contribution < 1.29 is 14.3 Å². The van der Waals surface area contributed by atoms with Gasteiger partial charge in [-0.15, -0.1) is 0 Å². The third-order valence-electron chi connectivity index (χ3n) is 5.45. The van der Waals surface area contributed by atoms with E-state index in [2.05, 4.69) is 16.0 Å². The lowest BCUT2D eigenvalue weighted by molar-refractivity contribution is -0.118. The lowest BCUT2D eigenvalue weighted by Gasteiger charge is -2.23.